The van der Waals surface area contributed by atoms with Crippen molar-refractivity contribution in [2.24, 2.45) is 0 Å². The Morgan fingerprint density at radius 1 is 0.897 bits per heavy atom. The number of anilines is 3. The second kappa shape index (κ2) is 10.9. The summed E-state index contributed by atoms with van der Waals surface area (Å²) in [7, 11) is 3.10. The summed E-state index contributed by atoms with van der Waals surface area (Å²) in [5.74, 6) is 0.844. The molecule has 5 rings (SSSR count). The zero-order valence-electron chi connectivity index (χ0n) is 21.5. The Morgan fingerprint density at radius 3 is 2.26 bits per heavy atom. The first kappa shape index (κ1) is 25.9. The van der Waals surface area contributed by atoms with Gasteiger partial charge in [-0.25, -0.2) is 4.68 Å². The van der Waals surface area contributed by atoms with Crippen molar-refractivity contribution in [1.29, 1.82) is 0 Å². The molecule has 0 unspecified atom stereocenters. The fourth-order valence-electron chi connectivity index (χ4n) is 4.50. The summed E-state index contributed by atoms with van der Waals surface area (Å²) in [6, 6.07) is 20.7. The smallest absolute Gasteiger partial charge is 0.261 e. The lowest BCUT2D eigenvalue weighted by atomic mass is 9.94. The Bertz CT molecular complexity index is 1560. The van der Waals surface area contributed by atoms with Crippen LogP contribution in [0.25, 0.3) is 0 Å². The number of hydrogen-bond donors (Lipinski definition) is 3. The van der Waals surface area contributed by atoms with E-state index < -0.39 is 6.04 Å². The lowest BCUT2D eigenvalue weighted by Crippen LogP contribution is -2.32. The standard InChI is InChI=1S/C29H26ClN5O4/c1-17-25(29(37)34-21-12-10-19(30)11-13-21)26(18-9-14-23(38-2)24(15-18)39-3)35-27(32-17)22(16-31-35)28(36)33-20-7-5-4-6-8-20/h4-16,26,32H,1-3H3,(H,33,36)(H,34,37)/t26-/m1/s1. The number of nitrogens with one attached hydrogen (secondary N) is 3. The van der Waals surface area contributed by atoms with Crippen LogP contribution in [0.1, 0.15) is 28.9 Å². The number of hydrogen-bond acceptors (Lipinski definition) is 6. The SMILES string of the molecule is COc1ccc([C@@H]2C(C(=O)Nc3ccc(Cl)cc3)=C(C)Nc3c(C(=O)Nc4ccccc4)cnn32)cc1OC. The van der Waals surface area contributed by atoms with Crippen LogP contribution in [-0.2, 0) is 4.79 Å². The molecule has 2 heterocycles. The summed E-state index contributed by atoms with van der Waals surface area (Å²) in [6.07, 6.45) is 1.49. The number of halogens is 1. The van der Waals surface area contributed by atoms with Crippen LogP contribution in [-0.4, -0.2) is 35.8 Å². The predicted molar refractivity (Wildman–Crippen MR) is 151 cm³/mol. The molecule has 4 aromatic rings. The van der Waals surface area contributed by atoms with Gasteiger partial charge in [-0.2, -0.15) is 5.10 Å². The molecule has 1 aliphatic heterocycles. The average molecular weight is 544 g/mol. The minimum atomic E-state index is -0.674. The van der Waals surface area contributed by atoms with Crippen LogP contribution in [0, 0.1) is 0 Å². The van der Waals surface area contributed by atoms with Gasteiger partial charge in [-0.1, -0.05) is 35.9 Å². The molecule has 0 bridgehead atoms. The summed E-state index contributed by atoms with van der Waals surface area (Å²) < 4.78 is 12.6. The number of rotatable bonds is 7. The molecule has 0 radical (unpaired) electrons. The number of benzene rings is 3. The minimum absolute atomic E-state index is 0.331. The van der Waals surface area contributed by atoms with Gasteiger partial charge in [-0.05, 0) is 61.0 Å². The summed E-state index contributed by atoms with van der Waals surface area (Å²) in [5.41, 5.74) is 3.29. The third-order valence-electron chi connectivity index (χ3n) is 6.37. The third kappa shape index (κ3) is 5.17. The van der Waals surface area contributed by atoms with Gasteiger partial charge in [0.05, 0.1) is 26.0 Å². The van der Waals surface area contributed by atoms with Gasteiger partial charge in [0.25, 0.3) is 11.8 Å². The minimum Gasteiger partial charge on any atom is -0.493 e. The Balaban J connectivity index is 1.58. The maximum absolute atomic E-state index is 13.7. The molecular weight excluding hydrogens is 518 g/mol. The number of aromatic nitrogens is 2. The van der Waals surface area contributed by atoms with Crippen LogP contribution in [0.15, 0.2) is 90.3 Å². The highest BCUT2D eigenvalue weighted by molar-refractivity contribution is 6.30. The lowest BCUT2D eigenvalue weighted by molar-refractivity contribution is -0.113. The summed E-state index contributed by atoms with van der Waals surface area (Å²) in [5, 5.41) is 14.2. The number of amides is 2. The van der Waals surface area contributed by atoms with Crippen LogP contribution in [0.4, 0.5) is 17.2 Å². The van der Waals surface area contributed by atoms with Crippen LogP contribution in [0.5, 0.6) is 11.5 Å². The fourth-order valence-corrected chi connectivity index (χ4v) is 4.62. The molecule has 1 aromatic heterocycles. The van der Waals surface area contributed by atoms with Crippen LogP contribution >= 0.6 is 11.6 Å². The summed E-state index contributed by atoms with van der Waals surface area (Å²) >= 11 is 6.01. The van der Waals surface area contributed by atoms with Gasteiger partial charge in [0.1, 0.15) is 17.4 Å². The highest BCUT2D eigenvalue weighted by Gasteiger charge is 2.36. The van der Waals surface area contributed by atoms with Gasteiger partial charge < -0.3 is 25.4 Å². The lowest BCUT2D eigenvalue weighted by Gasteiger charge is -2.30. The number of fused-ring (bicyclic) bond motifs is 1. The van der Waals surface area contributed by atoms with Crippen molar-refractivity contribution in [2.75, 3.05) is 30.2 Å². The topological polar surface area (TPSA) is 107 Å². The maximum atomic E-state index is 13.7. The number of ether oxygens (including phenoxy) is 2. The number of carbonyl (C=O) groups is 2. The molecular formula is C29H26ClN5O4. The number of nitrogens with zero attached hydrogens (tertiary/aromatic N) is 2. The van der Waals surface area contributed by atoms with Crippen molar-refractivity contribution in [3.05, 3.63) is 106 Å². The second-order valence-corrected chi connectivity index (χ2v) is 9.25. The van der Waals surface area contributed by atoms with Gasteiger partial charge in [0, 0.05) is 22.1 Å². The molecule has 0 fully saturated rings. The molecule has 198 valence electrons. The van der Waals surface area contributed by atoms with Crippen molar-refractivity contribution in [3.63, 3.8) is 0 Å². The van der Waals surface area contributed by atoms with Crippen LogP contribution < -0.4 is 25.4 Å². The van der Waals surface area contributed by atoms with Crippen LogP contribution in [0.3, 0.4) is 0 Å². The average Bonchev–Trinajstić information content (AvgIpc) is 3.37. The third-order valence-corrected chi connectivity index (χ3v) is 6.62. The van der Waals surface area contributed by atoms with E-state index in [2.05, 4.69) is 21.0 Å². The Labute approximate surface area is 230 Å². The first-order valence-electron chi connectivity index (χ1n) is 12.1. The van der Waals surface area contributed by atoms with Crippen molar-refractivity contribution in [2.45, 2.75) is 13.0 Å². The van der Waals surface area contributed by atoms with Crippen molar-refractivity contribution < 1.29 is 19.1 Å². The molecule has 0 saturated carbocycles. The maximum Gasteiger partial charge on any atom is 0.261 e. The van der Waals surface area contributed by atoms with Gasteiger partial charge in [0.2, 0.25) is 0 Å². The van der Waals surface area contributed by atoms with Gasteiger partial charge >= 0.3 is 0 Å². The molecule has 0 spiro atoms. The predicted octanol–water partition coefficient (Wildman–Crippen LogP) is 5.73. The largest absolute Gasteiger partial charge is 0.493 e. The Kier molecular flexibility index (Phi) is 7.25. The van der Waals surface area contributed by atoms with Crippen molar-refractivity contribution in [3.8, 4) is 11.5 Å². The molecule has 0 saturated heterocycles. The Hall–Kier alpha value is -4.76. The molecule has 3 N–H and O–H groups in total. The summed E-state index contributed by atoms with van der Waals surface area (Å²) in [6.45, 7) is 1.79. The molecule has 9 nitrogen and oxygen atoms in total. The number of para-hydroxylation sites is 1. The molecule has 2 amide bonds. The second-order valence-electron chi connectivity index (χ2n) is 8.81. The van der Waals surface area contributed by atoms with Gasteiger partial charge in [-0.3, -0.25) is 9.59 Å². The van der Waals surface area contributed by atoms with Crippen molar-refractivity contribution in [1.82, 2.24) is 9.78 Å². The number of carbonyl (C=O) groups excluding carboxylic acids is 2. The molecule has 39 heavy (non-hydrogen) atoms. The highest BCUT2D eigenvalue weighted by Crippen LogP contribution is 2.40. The van der Waals surface area contributed by atoms with E-state index in [0.29, 0.717) is 56.1 Å². The van der Waals surface area contributed by atoms with Gasteiger partial charge in [-0.15, -0.1) is 0 Å². The normalized spacial score (nSPS) is 14.2. The molecule has 10 heteroatoms. The van der Waals surface area contributed by atoms with E-state index in [9.17, 15) is 9.59 Å². The molecule has 1 atom stereocenters. The monoisotopic (exact) mass is 543 g/mol. The zero-order chi connectivity index (χ0) is 27.5. The molecule has 1 aliphatic rings. The van der Waals surface area contributed by atoms with Gasteiger partial charge in [0.15, 0.2) is 11.5 Å². The first-order chi connectivity index (χ1) is 18.9. The van der Waals surface area contributed by atoms with E-state index in [1.807, 2.05) is 24.3 Å². The van der Waals surface area contributed by atoms with Crippen molar-refractivity contribution >= 4 is 40.6 Å². The first-order valence-corrected chi connectivity index (χ1v) is 12.5. The van der Waals surface area contributed by atoms with E-state index in [-0.39, 0.29) is 11.8 Å². The van der Waals surface area contributed by atoms with E-state index in [1.54, 1.807) is 74.4 Å². The zero-order valence-corrected chi connectivity index (χ0v) is 22.2. The number of methoxy groups -OCH3 is 2. The quantitative estimate of drug-likeness (QED) is 0.275. The van der Waals surface area contributed by atoms with E-state index >= 15 is 0 Å². The van der Waals surface area contributed by atoms with Crippen LogP contribution in [0.2, 0.25) is 5.02 Å². The van der Waals surface area contributed by atoms with E-state index in [1.165, 1.54) is 6.20 Å². The molecule has 3 aromatic carbocycles. The summed E-state index contributed by atoms with van der Waals surface area (Å²) in [4.78, 5) is 26.9. The number of allylic oxidation sites excluding steroid dienone is 1. The highest BCUT2D eigenvalue weighted by atomic mass is 35.5. The fraction of sp³-hybridized carbons (Fsp3) is 0.138. The molecule has 0 aliphatic carbocycles. The van der Waals surface area contributed by atoms with E-state index in [0.717, 1.165) is 0 Å². The van der Waals surface area contributed by atoms with E-state index in [4.69, 9.17) is 21.1 Å². The Morgan fingerprint density at radius 2 is 1.56 bits per heavy atom.